The van der Waals surface area contributed by atoms with Gasteiger partial charge in [-0.25, -0.2) is 4.98 Å². The average Bonchev–Trinajstić information content (AvgIpc) is 3.49. The van der Waals surface area contributed by atoms with E-state index in [1.54, 1.807) is 18.3 Å². The van der Waals surface area contributed by atoms with E-state index in [-0.39, 0.29) is 11.3 Å². The normalized spacial score (nSPS) is 18.3. The van der Waals surface area contributed by atoms with Crippen molar-refractivity contribution in [2.24, 2.45) is 5.73 Å². The Morgan fingerprint density at radius 3 is 2.37 bits per heavy atom. The Bertz CT molecular complexity index is 883. The van der Waals surface area contributed by atoms with Crippen molar-refractivity contribution < 1.29 is 9.59 Å². The second-order valence-electron chi connectivity index (χ2n) is 7.42. The topological polar surface area (TPSA) is 79.5 Å². The lowest BCUT2D eigenvalue weighted by Gasteiger charge is -2.37. The molecule has 4 rings (SSSR count). The zero-order valence-corrected chi connectivity index (χ0v) is 15.5. The molecule has 1 saturated carbocycles. The van der Waals surface area contributed by atoms with Gasteiger partial charge in [0, 0.05) is 32.4 Å². The molecule has 0 spiro atoms. The van der Waals surface area contributed by atoms with Gasteiger partial charge in [-0.1, -0.05) is 24.3 Å². The van der Waals surface area contributed by atoms with Crippen molar-refractivity contribution in [2.75, 3.05) is 31.1 Å². The van der Waals surface area contributed by atoms with E-state index in [2.05, 4.69) is 24.0 Å². The number of hydrogen-bond acceptors (Lipinski definition) is 4. The Morgan fingerprint density at radius 1 is 1.04 bits per heavy atom. The average molecular weight is 364 g/mol. The smallest absolute Gasteiger partial charge is 0.252 e. The fourth-order valence-corrected chi connectivity index (χ4v) is 4.10. The minimum absolute atomic E-state index is 0.229. The van der Waals surface area contributed by atoms with Gasteiger partial charge in [-0.2, -0.15) is 0 Å². The van der Waals surface area contributed by atoms with Crippen molar-refractivity contribution in [1.29, 1.82) is 0 Å². The fourth-order valence-electron chi connectivity index (χ4n) is 4.10. The number of piperazine rings is 1. The van der Waals surface area contributed by atoms with Crippen LogP contribution in [-0.2, 0) is 10.2 Å². The summed E-state index contributed by atoms with van der Waals surface area (Å²) in [6.45, 7) is 4.62. The van der Waals surface area contributed by atoms with Gasteiger partial charge in [0.25, 0.3) is 5.91 Å². The third-order valence-electron chi connectivity index (χ3n) is 5.74. The molecule has 2 heterocycles. The lowest BCUT2D eigenvalue weighted by Crippen LogP contribution is -2.52. The van der Waals surface area contributed by atoms with E-state index in [0.717, 1.165) is 18.4 Å². The summed E-state index contributed by atoms with van der Waals surface area (Å²) in [7, 11) is 0. The largest absolute Gasteiger partial charge is 0.365 e. The van der Waals surface area contributed by atoms with Crippen LogP contribution >= 0.6 is 0 Å². The van der Waals surface area contributed by atoms with Gasteiger partial charge in [-0.05, 0) is 43.0 Å². The summed E-state index contributed by atoms with van der Waals surface area (Å²) < 4.78 is 0. The van der Waals surface area contributed by atoms with Gasteiger partial charge in [-0.15, -0.1) is 0 Å². The van der Waals surface area contributed by atoms with E-state index in [4.69, 9.17) is 5.73 Å². The highest BCUT2D eigenvalue weighted by atomic mass is 16.2. The molecule has 2 aromatic rings. The quantitative estimate of drug-likeness (QED) is 0.898. The van der Waals surface area contributed by atoms with Crippen LogP contribution in [0.25, 0.3) is 0 Å². The van der Waals surface area contributed by atoms with Crippen molar-refractivity contribution >= 4 is 17.6 Å². The Kier molecular flexibility index (Phi) is 4.34. The summed E-state index contributed by atoms with van der Waals surface area (Å²) in [6, 6.07) is 11.6. The molecule has 2 amide bonds. The van der Waals surface area contributed by atoms with Crippen LogP contribution in [0.1, 0.15) is 34.3 Å². The molecule has 6 heteroatoms. The number of amides is 2. The zero-order valence-electron chi connectivity index (χ0n) is 15.5. The number of aryl methyl sites for hydroxylation is 1. The number of nitrogens with zero attached hydrogens (tertiary/aromatic N) is 3. The first-order valence-corrected chi connectivity index (χ1v) is 9.38. The van der Waals surface area contributed by atoms with E-state index in [1.807, 2.05) is 21.9 Å². The maximum atomic E-state index is 13.3. The SMILES string of the molecule is Cc1ccccc1C1(C(=O)N2CCN(c3ncccc3C(N)=O)CC2)CC1. The van der Waals surface area contributed by atoms with Gasteiger partial charge in [0.1, 0.15) is 5.82 Å². The van der Waals surface area contributed by atoms with Gasteiger partial charge in [-0.3, -0.25) is 9.59 Å². The summed E-state index contributed by atoms with van der Waals surface area (Å²) in [5.74, 6) is 0.359. The molecule has 1 aromatic carbocycles. The third-order valence-corrected chi connectivity index (χ3v) is 5.74. The molecular formula is C21H24N4O2. The predicted octanol–water partition coefficient (Wildman–Crippen LogP) is 1.87. The molecule has 2 fully saturated rings. The summed E-state index contributed by atoms with van der Waals surface area (Å²) in [5, 5.41) is 0. The molecule has 0 radical (unpaired) electrons. The number of primary amides is 1. The van der Waals surface area contributed by atoms with Crippen LogP contribution in [0.15, 0.2) is 42.6 Å². The number of nitrogens with two attached hydrogens (primary N) is 1. The third kappa shape index (κ3) is 3.05. The molecule has 1 aromatic heterocycles. The van der Waals surface area contributed by atoms with Crippen molar-refractivity contribution in [1.82, 2.24) is 9.88 Å². The number of benzene rings is 1. The van der Waals surface area contributed by atoms with Crippen molar-refractivity contribution in [2.45, 2.75) is 25.2 Å². The molecule has 6 nitrogen and oxygen atoms in total. The van der Waals surface area contributed by atoms with Crippen LogP contribution in [0.5, 0.6) is 0 Å². The van der Waals surface area contributed by atoms with E-state index < -0.39 is 5.91 Å². The van der Waals surface area contributed by atoms with Crippen molar-refractivity contribution in [3.63, 3.8) is 0 Å². The summed E-state index contributed by atoms with van der Waals surface area (Å²) in [6.07, 6.45) is 3.50. The first kappa shape index (κ1) is 17.5. The maximum absolute atomic E-state index is 13.3. The van der Waals surface area contributed by atoms with Crippen molar-refractivity contribution in [3.05, 3.63) is 59.3 Å². The highest BCUT2D eigenvalue weighted by molar-refractivity contribution is 5.97. The first-order valence-electron chi connectivity index (χ1n) is 9.38. The monoisotopic (exact) mass is 364 g/mol. The van der Waals surface area contributed by atoms with E-state index in [9.17, 15) is 9.59 Å². The number of carbonyl (C=O) groups is 2. The van der Waals surface area contributed by atoms with Gasteiger partial charge in [0.15, 0.2) is 0 Å². The number of carbonyl (C=O) groups excluding carboxylic acids is 2. The Hall–Kier alpha value is -2.89. The number of pyridine rings is 1. The van der Waals surface area contributed by atoms with Gasteiger partial charge in [0.2, 0.25) is 5.91 Å². The number of anilines is 1. The minimum atomic E-state index is -0.479. The second kappa shape index (κ2) is 6.68. The minimum Gasteiger partial charge on any atom is -0.365 e. The van der Waals surface area contributed by atoms with E-state index in [0.29, 0.717) is 37.6 Å². The molecule has 0 atom stereocenters. The Labute approximate surface area is 159 Å². The molecule has 1 aliphatic carbocycles. The zero-order chi connectivity index (χ0) is 19.0. The summed E-state index contributed by atoms with van der Waals surface area (Å²) >= 11 is 0. The van der Waals surface area contributed by atoms with E-state index >= 15 is 0 Å². The molecular weight excluding hydrogens is 340 g/mol. The highest BCUT2D eigenvalue weighted by Gasteiger charge is 2.53. The van der Waals surface area contributed by atoms with Crippen LogP contribution < -0.4 is 10.6 Å². The second-order valence-corrected chi connectivity index (χ2v) is 7.42. The summed E-state index contributed by atoms with van der Waals surface area (Å²) in [5.41, 5.74) is 7.91. The molecule has 140 valence electrons. The molecule has 1 aliphatic heterocycles. The van der Waals surface area contributed by atoms with Crippen LogP contribution in [0, 0.1) is 6.92 Å². The molecule has 0 bridgehead atoms. The highest BCUT2D eigenvalue weighted by Crippen LogP contribution is 2.50. The number of aromatic nitrogens is 1. The van der Waals surface area contributed by atoms with Crippen LogP contribution in [-0.4, -0.2) is 47.9 Å². The van der Waals surface area contributed by atoms with Gasteiger partial charge in [0.05, 0.1) is 11.0 Å². The Morgan fingerprint density at radius 2 is 1.74 bits per heavy atom. The van der Waals surface area contributed by atoms with Crippen molar-refractivity contribution in [3.8, 4) is 0 Å². The fraction of sp³-hybridized carbons (Fsp3) is 0.381. The number of hydrogen-bond donors (Lipinski definition) is 1. The lowest BCUT2D eigenvalue weighted by molar-refractivity contribution is -0.134. The lowest BCUT2D eigenvalue weighted by atomic mass is 9.90. The first-order chi connectivity index (χ1) is 13.0. The predicted molar refractivity (Wildman–Crippen MR) is 104 cm³/mol. The molecule has 0 unspecified atom stereocenters. The summed E-state index contributed by atoms with van der Waals surface area (Å²) in [4.78, 5) is 33.3. The van der Waals surface area contributed by atoms with Crippen LogP contribution in [0.4, 0.5) is 5.82 Å². The standard InChI is InChI=1S/C21H24N4O2/c1-15-5-2-3-7-17(15)21(8-9-21)20(27)25-13-11-24(12-14-25)19-16(18(22)26)6-4-10-23-19/h2-7,10H,8-9,11-14H2,1H3,(H2,22,26). The molecule has 27 heavy (non-hydrogen) atoms. The number of rotatable bonds is 4. The van der Waals surface area contributed by atoms with Gasteiger partial charge < -0.3 is 15.5 Å². The molecule has 2 N–H and O–H groups in total. The molecule has 1 saturated heterocycles. The maximum Gasteiger partial charge on any atom is 0.252 e. The van der Waals surface area contributed by atoms with E-state index in [1.165, 1.54) is 5.56 Å². The van der Waals surface area contributed by atoms with Crippen LogP contribution in [0.2, 0.25) is 0 Å². The van der Waals surface area contributed by atoms with Crippen LogP contribution in [0.3, 0.4) is 0 Å². The van der Waals surface area contributed by atoms with Gasteiger partial charge >= 0.3 is 0 Å². The molecule has 2 aliphatic rings. The Balaban J connectivity index is 1.48.